The molecular weight excluding hydrogens is 499 g/mol. The van der Waals surface area contributed by atoms with Crippen LogP contribution in [0.2, 0.25) is 0 Å². The van der Waals surface area contributed by atoms with Crippen LogP contribution < -0.4 is 14.4 Å². The maximum atomic E-state index is 13.7. The van der Waals surface area contributed by atoms with Crippen LogP contribution in [0.15, 0.2) is 60.7 Å². The number of alkyl halides is 3. The van der Waals surface area contributed by atoms with Crippen molar-refractivity contribution in [2.75, 3.05) is 31.6 Å². The van der Waals surface area contributed by atoms with E-state index >= 15 is 0 Å². The van der Waals surface area contributed by atoms with E-state index in [1.54, 1.807) is 21.9 Å². The highest BCUT2D eigenvalue weighted by molar-refractivity contribution is 6.09. The zero-order valence-electron chi connectivity index (χ0n) is 20.9. The lowest BCUT2D eigenvalue weighted by atomic mass is 9.74. The third kappa shape index (κ3) is 4.78. The molecule has 2 aliphatic rings. The molecule has 5 rings (SSSR count). The summed E-state index contributed by atoms with van der Waals surface area (Å²) in [4.78, 5) is 34.5. The fraction of sp³-hybridized carbons (Fsp3) is 0.321. The SMILES string of the molecule is COc1nc(C)ccc1C(=O)N1CC2(CCN(C(=O)c3ccc(OC(F)(F)F)cc3)CC2)c2ccccc21. The molecule has 0 aliphatic carbocycles. The first-order valence-corrected chi connectivity index (χ1v) is 12.2. The minimum atomic E-state index is -4.79. The van der Waals surface area contributed by atoms with Crippen LogP contribution in [0.1, 0.15) is 44.8 Å². The molecule has 10 heteroatoms. The van der Waals surface area contributed by atoms with E-state index in [4.69, 9.17) is 4.74 Å². The Morgan fingerprint density at radius 1 is 0.947 bits per heavy atom. The average Bonchev–Trinajstić information content (AvgIpc) is 3.21. The summed E-state index contributed by atoms with van der Waals surface area (Å²) < 4.78 is 46.6. The first-order valence-electron chi connectivity index (χ1n) is 12.2. The van der Waals surface area contributed by atoms with Crippen molar-refractivity contribution in [2.45, 2.75) is 31.5 Å². The summed E-state index contributed by atoms with van der Waals surface area (Å²) in [6, 6.07) is 16.3. The van der Waals surface area contributed by atoms with Crippen LogP contribution in [-0.4, -0.2) is 54.8 Å². The monoisotopic (exact) mass is 525 g/mol. The van der Waals surface area contributed by atoms with Crippen LogP contribution in [-0.2, 0) is 5.41 Å². The number of hydrogen-bond donors (Lipinski definition) is 0. The quantitative estimate of drug-likeness (QED) is 0.472. The van der Waals surface area contributed by atoms with Gasteiger partial charge in [-0.05, 0) is 67.8 Å². The molecule has 2 aliphatic heterocycles. The largest absolute Gasteiger partial charge is 0.573 e. The molecule has 3 aromatic rings. The molecule has 1 fully saturated rings. The fourth-order valence-electron chi connectivity index (χ4n) is 5.36. The van der Waals surface area contributed by atoms with Gasteiger partial charge in [-0.1, -0.05) is 18.2 Å². The smallest absolute Gasteiger partial charge is 0.480 e. The standard InChI is InChI=1S/C28H26F3N3O4/c1-18-7-12-21(24(32-18)37-2)26(36)34-17-27(22-5-3-4-6-23(22)34)13-15-33(16-14-27)25(35)19-8-10-20(11-9-19)38-28(29,30)31/h3-12H,13-17H2,1-2H3. The Morgan fingerprint density at radius 3 is 2.29 bits per heavy atom. The summed E-state index contributed by atoms with van der Waals surface area (Å²) in [5.41, 5.74) is 3.00. The Morgan fingerprint density at radius 2 is 1.63 bits per heavy atom. The Labute approximate surface area is 217 Å². The summed E-state index contributed by atoms with van der Waals surface area (Å²) in [5, 5.41) is 0. The summed E-state index contributed by atoms with van der Waals surface area (Å²) in [6.07, 6.45) is -3.52. The topological polar surface area (TPSA) is 72.0 Å². The molecule has 1 saturated heterocycles. The third-order valence-corrected chi connectivity index (χ3v) is 7.24. The van der Waals surface area contributed by atoms with Gasteiger partial charge in [-0.15, -0.1) is 13.2 Å². The summed E-state index contributed by atoms with van der Waals surface area (Å²) in [5.74, 6) is -0.550. The van der Waals surface area contributed by atoms with Gasteiger partial charge in [-0.2, -0.15) is 0 Å². The van der Waals surface area contributed by atoms with Crippen LogP contribution in [0.25, 0.3) is 0 Å². The van der Waals surface area contributed by atoms with Gasteiger partial charge in [0.25, 0.3) is 11.8 Å². The lowest BCUT2D eigenvalue weighted by Crippen LogP contribution is -2.47. The van der Waals surface area contributed by atoms with E-state index in [-0.39, 0.29) is 34.4 Å². The predicted molar refractivity (Wildman–Crippen MR) is 134 cm³/mol. The number of piperidine rings is 1. The Kier molecular flexibility index (Phi) is 6.50. The molecular formula is C28H26F3N3O4. The van der Waals surface area contributed by atoms with Gasteiger partial charge in [-0.3, -0.25) is 9.59 Å². The van der Waals surface area contributed by atoms with Crippen LogP contribution in [0.3, 0.4) is 0 Å². The van der Waals surface area contributed by atoms with Crippen molar-refractivity contribution < 1.29 is 32.2 Å². The number of para-hydroxylation sites is 1. The van der Waals surface area contributed by atoms with Gasteiger partial charge in [0.1, 0.15) is 11.3 Å². The average molecular weight is 526 g/mol. The number of ether oxygens (including phenoxy) is 2. The number of aromatic nitrogens is 1. The normalized spacial score (nSPS) is 16.3. The second kappa shape index (κ2) is 9.66. The molecule has 1 aromatic heterocycles. The van der Waals surface area contributed by atoms with E-state index in [2.05, 4.69) is 9.72 Å². The number of pyridine rings is 1. The third-order valence-electron chi connectivity index (χ3n) is 7.24. The van der Waals surface area contributed by atoms with E-state index in [0.717, 1.165) is 29.1 Å². The zero-order chi connectivity index (χ0) is 27.1. The van der Waals surface area contributed by atoms with Crippen molar-refractivity contribution >= 4 is 17.5 Å². The number of methoxy groups -OCH3 is 1. The van der Waals surface area contributed by atoms with Crippen molar-refractivity contribution in [2.24, 2.45) is 0 Å². The number of fused-ring (bicyclic) bond motifs is 2. The maximum Gasteiger partial charge on any atom is 0.573 e. The van der Waals surface area contributed by atoms with Gasteiger partial charge in [-0.25, -0.2) is 4.98 Å². The van der Waals surface area contributed by atoms with E-state index < -0.39 is 6.36 Å². The zero-order valence-corrected chi connectivity index (χ0v) is 20.9. The van der Waals surface area contributed by atoms with E-state index in [0.29, 0.717) is 38.0 Å². The number of aryl methyl sites for hydroxylation is 1. The van der Waals surface area contributed by atoms with Crippen molar-refractivity contribution in [3.63, 3.8) is 0 Å². The van der Waals surface area contributed by atoms with Crippen LogP contribution in [0.5, 0.6) is 11.6 Å². The number of carbonyl (C=O) groups excluding carboxylic acids is 2. The first-order chi connectivity index (χ1) is 18.1. The molecule has 0 bridgehead atoms. The maximum absolute atomic E-state index is 13.7. The van der Waals surface area contributed by atoms with Crippen molar-refractivity contribution in [1.29, 1.82) is 0 Å². The number of benzene rings is 2. The molecule has 198 valence electrons. The Balaban J connectivity index is 1.33. The van der Waals surface area contributed by atoms with Gasteiger partial charge in [0, 0.05) is 42.0 Å². The Bertz CT molecular complexity index is 1370. The number of halogens is 3. The minimum absolute atomic E-state index is 0.196. The molecule has 0 radical (unpaired) electrons. The van der Waals surface area contributed by atoms with Crippen molar-refractivity contribution in [1.82, 2.24) is 9.88 Å². The molecule has 0 atom stereocenters. The highest BCUT2D eigenvalue weighted by Crippen LogP contribution is 2.47. The Hall–Kier alpha value is -4.08. The van der Waals surface area contributed by atoms with Gasteiger partial charge in [0.15, 0.2) is 0 Å². The number of hydrogen-bond acceptors (Lipinski definition) is 5. The van der Waals surface area contributed by atoms with Crippen molar-refractivity contribution in [3.8, 4) is 11.6 Å². The van der Waals surface area contributed by atoms with Crippen LogP contribution in [0, 0.1) is 6.92 Å². The van der Waals surface area contributed by atoms with Crippen LogP contribution in [0.4, 0.5) is 18.9 Å². The summed E-state index contributed by atoms with van der Waals surface area (Å²) in [7, 11) is 1.49. The molecule has 1 spiro atoms. The van der Waals surface area contributed by atoms with E-state index in [1.807, 2.05) is 31.2 Å². The highest BCUT2D eigenvalue weighted by atomic mass is 19.4. The molecule has 0 N–H and O–H groups in total. The van der Waals surface area contributed by atoms with Gasteiger partial charge < -0.3 is 19.3 Å². The first kappa shape index (κ1) is 25.6. The molecule has 7 nitrogen and oxygen atoms in total. The number of amides is 2. The van der Waals surface area contributed by atoms with Gasteiger partial charge in [0.2, 0.25) is 5.88 Å². The van der Waals surface area contributed by atoms with Crippen LogP contribution >= 0.6 is 0 Å². The molecule has 2 amide bonds. The molecule has 3 heterocycles. The number of rotatable bonds is 4. The second-order valence-electron chi connectivity index (χ2n) is 9.56. The lowest BCUT2D eigenvalue weighted by molar-refractivity contribution is -0.274. The summed E-state index contributed by atoms with van der Waals surface area (Å²) >= 11 is 0. The second-order valence-corrected chi connectivity index (χ2v) is 9.56. The number of anilines is 1. The molecule has 2 aromatic carbocycles. The number of nitrogens with zero attached hydrogens (tertiary/aromatic N) is 3. The highest BCUT2D eigenvalue weighted by Gasteiger charge is 2.47. The van der Waals surface area contributed by atoms with Gasteiger partial charge in [0.05, 0.1) is 7.11 Å². The predicted octanol–water partition coefficient (Wildman–Crippen LogP) is 5.13. The summed E-state index contributed by atoms with van der Waals surface area (Å²) in [6.45, 7) is 3.20. The fourth-order valence-corrected chi connectivity index (χ4v) is 5.36. The van der Waals surface area contributed by atoms with E-state index in [1.165, 1.54) is 19.2 Å². The molecule has 38 heavy (non-hydrogen) atoms. The minimum Gasteiger partial charge on any atom is -0.480 e. The lowest BCUT2D eigenvalue weighted by Gasteiger charge is -2.40. The van der Waals surface area contributed by atoms with Gasteiger partial charge >= 0.3 is 6.36 Å². The number of carbonyl (C=O) groups is 2. The molecule has 0 saturated carbocycles. The van der Waals surface area contributed by atoms with E-state index in [9.17, 15) is 22.8 Å². The number of likely N-dealkylation sites (tertiary alicyclic amines) is 1. The molecule has 0 unspecified atom stereocenters. The van der Waals surface area contributed by atoms with Crippen molar-refractivity contribution in [3.05, 3.63) is 83.0 Å².